The van der Waals surface area contributed by atoms with Gasteiger partial charge in [-0.2, -0.15) is 22.0 Å². The number of unbranched alkanes of at least 4 members (excludes halogenated alkanes) is 2. The van der Waals surface area contributed by atoms with Crippen LogP contribution in [0, 0.1) is 29.1 Å². The maximum absolute atomic E-state index is 15.3. The lowest BCUT2D eigenvalue weighted by Gasteiger charge is -2.19. The van der Waals surface area contributed by atoms with Crippen molar-refractivity contribution in [3.63, 3.8) is 0 Å². The maximum atomic E-state index is 15.3. The molecule has 0 aliphatic rings. The molecule has 5 rings (SSSR count). The minimum Gasteiger partial charge on any atom is -0.429 e. The molecule has 0 bridgehead atoms. The highest BCUT2D eigenvalue weighted by Crippen LogP contribution is 2.36. The van der Waals surface area contributed by atoms with Gasteiger partial charge in [0.1, 0.15) is 34.8 Å². The molecule has 0 aliphatic carbocycles. The molecule has 5 aromatic carbocycles. The summed E-state index contributed by atoms with van der Waals surface area (Å²) in [6.45, 7) is 2.02. The fraction of sp³-hybridized carbons (Fsp3) is 0.179. The standard InChI is InChI=1S/C39H28F10O/c1-2-3-4-5-23-6-15-32(37(44)18-23)39(48,49)50-28-11-7-24(8-12-28)25-9-13-29(33(40)19-25)26-10-14-30(34(41)20-26)27-21-35(42)31(36(43)22-27)16-17-38(45,46)47/h6-22H,2-5H2,1H3. The summed E-state index contributed by atoms with van der Waals surface area (Å²) in [5.74, 6) is -5.76. The van der Waals surface area contributed by atoms with Crippen LogP contribution in [0.1, 0.15) is 42.9 Å². The zero-order chi connectivity index (χ0) is 36.2. The third-order valence-corrected chi connectivity index (χ3v) is 7.93. The Balaban J connectivity index is 1.30. The average molecular weight is 703 g/mol. The monoisotopic (exact) mass is 702 g/mol. The molecule has 5 aromatic rings. The molecule has 11 heteroatoms. The number of ether oxygens (including phenoxy) is 1. The summed E-state index contributed by atoms with van der Waals surface area (Å²) in [7, 11) is 0. The second-order valence-electron chi connectivity index (χ2n) is 11.5. The molecule has 0 atom stereocenters. The maximum Gasteiger partial charge on any atom is 0.429 e. The fourth-order valence-corrected chi connectivity index (χ4v) is 5.37. The van der Waals surface area contributed by atoms with Crippen molar-refractivity contribution >= 4 is 6.08 Å². The van der Waals surface area contributed by atoms with Crippen LogP contribution >= 0.6 is 0 Å². The van der Waals surface area contributed by atoms with E-state index in [9.17, 15) is 35.1 Å². The molecular formula is C39H28F10O. The molecular weight excluding hydrogens is 674 g/mol. The number of allylic oxidation sites excluding steroid dienone is 1. The van der Waals surface area contributed by atoms with Crippen LogP contribution < -0.4 is 4.74 Å². The van der Waals surface area contributed by atoms with Gasteiger partial charge in [-0.25, -0.2) is 22.0 Å². The van der Waals surface area contributed by atoms with Crippen LogP contribution in [-0.4, -0.2) is 6.18 Å². The van der Waals surface area contributed by atoms with E-state index in [1.165, 1.54) is 48.5 Å². The highest BCUT2D eigenvalue weighted by Gasteiger charge is 2.37. The van der Waals surface area contributed by atoms with E-state index in [1.54, 1.807) is 0 Å². The Morgan fingerprint density at radius 3 is 1.70 bits per heavy atom. The van der Waals surface area contributed by atoms with Crippen molar-refractivity contribution in [3.8, 4) is 39.1 Å². The van der Waals surface area contributed by atoms with Crippen molar-refractivity contribution in [2.75, 3.05) is 0 Å². The molecule has 0 aromatic heterocycles. The molecule has 0 amide bonds. The third-order valence-electron chi connectivity index (χ3n) is 7.93. The lowest BCUT2D eigenvalue weighted by atomic mass is 9.96. The van der Waals surface area contributed by atoms with Crippen molar-refractivity contribution < 1.29 is 48.6 Å². The second kappa shape index (κ2) is 14.8. The minimum atomic E-state index is -4.79. The van der Waals surface area contributed by atoms with Gasteiger partial charge in [0.2, 0.25) is 0 Å². The molecule has 260 valence electrons. The molecule has 0 saturated carbocycles. The normalized spacial score (nSPS) is 12.1. The summed E-state index contributed by atoms with van der Waals surface area (Å²) >= 11 is 0. The topological polar surface area (TPSA) is 9.23 Å². The Bertz CT molecular complexity index is 1990. The first-order chi connectivity index (χ1) is 23.6. The van der Waals surface area contributed by atoms with E-state index in [0.29, 0.717) is 35.2 Å². The molecule has 0 radical (unpaired) electrons. The van der Waals surface area contributed by atoms with Crippen LogP contribution in [0.2, 0.25) is 0 Å². The highest BCUT2D eigenvalue weighted by molar-refractivity contribution is 5.75. The smallest absolute Gasteiger partial charge is 0.429 e. The van der Waals surface area contributed by atoms with Gasteiger partial charge in [0.25, 0.3) is 0 Å². The predicted octanol–water partition coefficient (Wildman–Crippen LogP) is 12.8. The molecule has 50 heavy (non-hydrogen) atoms. The van der Waals surface area contributed by atoms with E-state index in [1.807, 2.05) is 6.92 Å². The van der Waals surface area contributed by atoms with Gasteiger partial charge in [-0.1, -0.05) is 62.2 Å². The van der Waals surface area contributed by atoms with Crippen molar-refractivity contribution in [1.29, 1.82) is 0 Å². The number of hydrogen-bond acceptors (Lipinski definition) is 1. The van der Waals surface area contributed by atoms with E-state index >= 15 is 8.78 Å². The summed E-state index contributed by atoms with van der Waals surface area (Å²) in [6, 6.07) is 17.6. The van der Waals surface area contributed by atoms with Crippen molar-refractivity contribution in [1.82, 2.24) is 0 Å². The van der Waals surface area contributed by atoms with Crippen LogP contribution in [0.5, 0.6) is 5.75 Å². The Hall–Kier alpha value is -5.06. The number of rotatable bonds is 11. The van der Waals surface area contributed by atoms with Crippen molar-refractivity contribution in [3.05, 3.63) is 143 Å². The van der Waals surface area contributed by atoms with Crippen LogP contribution in [0.4, 0.5) is 43.9 Å². The summed E-state index contributed by atoms with van der Waals surface area (Å²) in [5.41, 5.74) is -0.974. The quantitative estimate of drug-likeness (QED) is 0.0984. The summed E-state index contributed by atoms with van der Waals surface area (Å²) in [5, 5.41) is 0. The van der Waals surface area contributed by atoms with Gasteiger partial charge < -0.3 is 4.74 Å². The predicted molar refractivity (Wildman–Crippen MR) is 172 cm³/mol. The number of halogens is 10. The van der Waals surface area contributed by atoms with E-state index in [2.05, 4.69) is 0 Å². The van der Waals surface area contributed by atoms with Gasteiger partial charge in [0.15, 0.2) is 0 Å². The molecule has 0 aliphatic heterocycles. The minimum absolute atomic E-state index is 0.0257. The third kappa shape index (κ3) is 8.56. The zero-order valence-electron chi connectivity index (χ0n) is 26.3. The number of hydrogen-bond donors (Lipinski definition) is 0. The molecule has 1 nitrogen and oxygen atoms in total. The SMILES string of the molecule is CCCCCc1ccc(C(F)(F)Oc2ccc(-c3ccc(-c4ccc(-c5cc(F)c(C=CC(F)(F)F)c(F)c5)c(F)c4)c(F)c3)cc2)c(F)c1. The van der Waals surface area contributed by atoms with Crippen LogP contribution in [0.25, 0.3) is 39.5 Å². The van der Waals surface area contributed by atoms with Gasteiger partial charge in [-0.05, 0) is 95.3 Å². The first-order valence-corrected chi connectivity index (χ1v) is 15.5. The van der Waals surface area contributed by atoms with E-state index in [-0.39, 0.29) is 40.2 Å². The summed E-state index contributed by atoms with van der Waals surface area (Å²) in [6.07, 6.45) is -5.55. The average Bonchev–Trinajstić information content (AvgIpc) is 3.04. The molecule has 0 unspecified atom stereocenters. The van der Waals surface area contributed by atoms with Crippen LogP contribution in [0.15, 0.2) is 97.1 Å². The molecule has 0 N–H and O–H groups in total. The van der Waals surface area contributed by atoms with E-state index in [0.717, 1.165) is 49.6 Å². The Labute approximate surface area is 281 Å². The summed E-state index contributed by atoms with van der Waals surface area (Å²) < 4.78 is 146. The largest absolute Gasteiger partial charge is 0.429 e. The fourth-order valence-electron chi connectivity index (χ4n) is 5.37. The Kier molecular flexibility index (Phi) is 10.7. The van der Waals surface area contributed by atoms with Crippen molar-refractivity contribution in [2.24, 2.45) is 0 Å². The van der Waals surface area contributed by atoms with Crippen LogP contribution in [-0.2, 0) is 12.5 Å². The van der Waals surface area contributed by atoms with Gasteiger partial charge in [0.05, 0.1) is 5.56 Å². The lowest BCUT2D eigenvalue weighted by molar-refractivity contribution is -0.187. The second-order valence-corrected chi connectivity index (χ2v) is 11.5. The first-order valence-electron chi connectivity index (χ1n) is 15.5. The van der Waals surface area contributed by atoms with Crippen LogP contribution in [0.3, 0.4) is 0 Å². The zero-order valence-corrected chi connectivity index (χ0v) is 26.3. The molecule has 0 spiro atoms. The number of aryl methyl sites for hydroxylation is 1. The molecule has 0 saturated heterocycles. The van der Waals surface area contributed by atoms with Gasteiger partial charge >= 0.3 is 12.3 Å². The molecule has 0 heterocycles. The highest BCUT2D eigenvalue weighted by atomic mass is 19.4. The van der Waals surface area contributed by atoms with E-state index < -0.39 is 52.5 Å². The number of benzene rings is 5. The van der Waals surface area contributed by atoms with Crippen molar-refractivity contribution in [2.45, 2.75) is 44.9 Å². The van der Waals surface area contributed by atoms with Gasteiger partial charge in [-0.15, -0.1) is 0 Å². The van der Waals surface area contributed by atoms with Gasteiger partial charge in [0, 0.05) is 22.8 Å². The van der Waals surface area contributed by atoms with Gasteiger partial charge in [-0.3, -0.25) is 0 Å². The first kappa shape index (κ1) is 36.2. The Morgan fingerprint density at radius 1 is 0.560 bits per heavy atom. The lowest BCUT2D eigenvalue weighted by Crippen LogP contribution is -2.23. The number of alkyl halides is 5. The molecule has 0 fully saturated rings. The van der Waals surface area contributed by atoms with E-state index in [4.69, 9.17) is 4.74 Å². The summed E-state index contributed by atoms with van der Waals surface area (Å²) in [4.78, 5) is 0. The Morgan fingerprint density at radius 2 is 1.12 bits per heavy atom.